The van der Waals surface area contributed by atoms with Crippen molar-refractivity contribution in [2.45, 2.75) is 12.0 Å². The van der Waals surface area contributed by atoms with Gasteiger partial charge in [0.25, 0.3) is 5.91 Å². The number of aromatic nitrogens is 2. The first-order valence-electron chi connectivity index (χ1n) is 7.54. The summed E-state index contributed by atoms with van der Waals surface area (Å²) in [7, 11) is 1.87. The first-order valence-corrected chi connectivity index (χ1v) is 8.30. The van der Waals surface area contributed by atoms with Crippen molar-refractivity contribution in [2.24, 2.45) is 12.8 Å². The molecule has 2 aromatic rings. The van der Waals surface area contributed by atoms with Crippen LogP contribution >= 0.6 is 23.2 Å². The molecule has 0 radical (unpaired) electrons. The van der Waals surface area contributed by atoms with E-state index in [1.807, 2.05) is 13.1 Å². The van der Waals surface area contributed by atoms with Crippen molar-refractivity contribution in [3.05, 3.63) is 46.2 Å². The second-order valence-corrected chi connectivity index (χ2v) is 6.72. The first-order chi connectivity index (χ1) is 11.4. The molecule has 1 aliphatic rings. The Hall–Kier alpha value is -1.76. The molecular weight excluding hydrogens is 351 g/mol. The minimum atomic E-state index is -0.120. The minimum absolute atomic E-state index is 0.0714. The molecule has 1 aromatic carbocycles. The van der Waals surface area contributed by atoms with Crippen LogP contribution in [0.25, 0.3) is 0 Å². The molecule has 1 fully saturated rings. The number of amides is 1. The number of carbonyl (C=O) groups excluding carboxylic acids is 1. The van der Waals surface area contributed by atoms with Crippen LogP contribution in [-0.2, 0) is 11.8 Å². The molecule has 6 nitrogen and oxygen atoms in total. The van der Waals surface area contributed by atoms with E-state index >= 15 is 0 Å². The summed E-state index contributed by atoms with van der Waals surface area (Å²) in [6, 6.07) is 6.66. The normalized spacial score (nSPS) is 20.4. The molecule has 0 spiro atoms. The third kappa shape index (κ3) is 3.66. The van der Waals surface area contributed by atoms with Crippen molar-refractivity contribution >= 4 is 29.1 Å². The zero-order chi connectivity index (χ0) is 17.3. The standard InChI is InChI=1S/C16H18Cl2N4O2/c1-21-15(2-3-20-21)13-7-22(8-14(13)19)16(23)9-24-12-5-10(17)4-11(18)6-12/h2-6,13-14H,7-9,19H2,1H3/t13-,14-/m1/s1. The fourth-order valence-electron chi connectivity index (χ4n) is 2.94. The largest absolute Gasteiger partial charge is 0.484 e. The van der Waals surface area contributed by atoms with Gasteiger partial charge in [-0.25, -0.2) is 0 Å². The van der Waals surface area contributed by atoms with Gasteiger partial charge in [0, 0.05) is 54.0 Å². The number of aryl methyl sites for hydroxylation is 1. The van der Waals surface area contributed by atoms with Crippen molar-refractivity contribution in [1.82, 2.24) is 14.7 Å². The van der Waals surface area contributed by atoms with Gasteiger partial charge in [-0.3, -0.25) is 9.48 Å². The number of nitrogens with zero attached hydrogens (tertiary/aromatic N) is 3. The third-order valence-electron chi connectivity index (χ3n) is 4.15. The Kier molecular flexibility index (Phi) is 4.99. The van der Waals surface area contributed by atoms with Gasteiger partial charge in [0.1, 0.15) is 5.75 Å². The van der Waals surface area contributed by atoms with Gasteiger partial charge in [-0.2, -0.15) is 5.10 Å². The predicted octanol–water partition coefficient (Wildman–Crippen LogP) is 2.06. The smallest absolute Gasteiger partial charge is 0.260 e. The Labute approximate surface area is 150 Å². The quantitative estimate of drug-likeness (QED) is 0.896. The number of benzene rings is 1. The highest BCUT2D eigenvalue weighted by atomic mass is 35.5. The summed E-state index contributed by atoms with van der Waals surface area (Å²) in [5.41, 5.74) is 7.23. The summed E-state index contributed by atoms with van der Waals surface area (Å²) in [5.74, 6) is 0.417. The lowest BCUT2D eigenvalue weighted by molar-refractivity contribution is -0.132. The fraction of sp³-hybridized carbons (Fsp3) is 0.375. The van der Waals surface area contributed by atoms with Crippen molar-refractivity contribution in [2.75, 3.05) is 19.7 Å². The Morgan fingerprint density at radius 3 is 2.67 bits per heavy atom. The number of hydrogen-bond acceptors (Lipinski definition) is 4. The number of likely N-dealkylation sites (tertiary alicyclic amines) is 1. The first kappa shape index (κ1) is 17.1. The van der Waals surface area contributed by atoms with Gasteiger partial charge >= 0.3 is 0 Å². The van der Waals surface area contributed by atoms with E-state index in [4.69, 9.17) is 33.7 Å². The van der Waals surface area contributed by atoms with E-state index in [9.17, 15) is 4.79 Å². The van der Waals surface area contributed by atoms with E-state index in [-0.39, 0.29) is 24.5 Å². The number of halogens is 2. The van der Waals surface area contributed by atoms with E-state index in [0.29, 0.717) is 28.9 Å². The summed E-state index contributed by atoms with van der Waals surface area (Å²) in [4.78, 5) is 14.1. The average molecular weight is 369 g/mol. The monoisotopic (exact) mass is 368 g/mol. The van der Waals surface area contributed by atoms with Crippen LogP contribution in [0.5, 0.6) is 5.75 Å². The highest BCUT2D eigenvalue weighted by molar-refractivity contribution is 6.34. The van der Waals surface area contributed by atoms with Crippen LogP contribution in [0.15, 0.2) is 30.5 Å². The summed E-state index contributed by atoms with van der Waals surface area (Å²) >= 11 is 11.8. The molecule has 1 amide bonds. The Morgan fingerprint density at radius 1 is 1.33 bits per heavy atom. The molecule has 1 aliphatic heterocycles. The maximum atomic E-state index is 12.4. The molecule has 0 unspecified atom stereocenters. The summed E-state index contributed by atoms with van der Waals surface area (Å²) < 4.78 is 7.30. The number of nitrogens with two attached hydrogens (primary N) is 1. The molecule has 0 saturated carbocycles. The molecule has 3 rings (SSSR count). The van der Waals surface area contributed by atoms with E-state index in [1.165, 1.54) is 0 Å². The summed E-state index contributed by atoms with van der Waals surface area (Å²) in [5, 5.41) is 5.09. The second-order valence-electron chi connectivity index (χ2n) is 5.84. The lowest BCUT2D eigenvalue weighted by Crippen LogP contribution is -2.35. The zero-order valence-electron chi connectivity index (χ0n) is 13.2. The van der Waals surface area contributed by atoms with E-state index < -0.39 is 0 Å². The van der Waals surface area contributed by atoms with Crippen LogP contribution in [0.4, 0.5) is 0 Å². The average Bonchev–Trinajstić information content (AvgIpc) is 3.09. The second kappa shape index (κ2) is 7.01. The zero-order valence-corrected chi connectivity index (χ0v) is 14.7. The van der Waals surface area contributed by atoms with Crippen molar-refractivity contribution in [3.8, 4) is 5.75 Å². The molecule has 2 N–H and O–H groups in total. The number of rotatable bonds is 4. The van der Waals surface area contributed by atoms with Crippen molar-refractivity contribution in [3.63, 3.8) is 0 Å². The Bertz CT molecular complexity index is 729. The van der Waals surface area contributed by atoms with Crippen molar-refractivity contribution in [1.29, 1.82) is 0 Å². The molecular formula is C16H18Cl2N4O2. The van der Waals surface area contributed by atoms with E-state index in [1.54, 1.807) is 34.0 Å². The van der Waals surface area contributed by atoms with Gasteiger partial charge < -0.3 is 15.4 Å². The lowest BCUT2D eigenvalue weighted by atomic mass is 10.0. The van der Waals surface area contributed by atoms with Gasteiger partial charge in [-0.15, -0.1) is 0 Å². The molecule has 8 heteroatoms. The lowest BCUT2D eigenvalue weighted by Gasteiger charge is -2.17. The molecule has 1 saturated heterocycles. The summed E-state index contributed by atoms with van der Waals surface area (Å²) in [6.45, 7) is 0.967. The van der Waals surface area contributed by atoms with E-state index in [0.717, 1.165) is 5.69 Å². The van der Waals surface area contributed by atoms with Gasteiger partial charge in [-0.1, -0.05) is 23.2 Å². The number of carbonyl (C=O) groups is 1. The fourth-order valence-corrected chi connectivity index (χ4v) is 3.45. The maximum Gasteiger partial charge on any atom is 0.260 e. The summed E-state index contributed by atoms with van der Waals surface area (Å²) in [6.07, 6.45) is 1.73. The molecule has 2 heterocycles. The topological polar surface area (TPSA) is 73.4 Å². The molecule has 24 heavy (non-hydrogen) atoms. The molecule has 2 atom stereocenters. The third-order valence-corrected chi connectivity index (χ3v) is 4.59. The Morgan fingerprint density at radius 2 is 2.04 bits per heavy atom. The van der Waals surface area contributed by atoms with Gasteiger partial charge in [0.15, 0.2) is 6.61 Å². The molecule has 1 aromatic heterocycles. The SMILES string of the molecule is Cn1nccc1[C@@H]1CN(C(=O)COc2cc(Cl)cc(Cl)c2)C[C@H]1N. The maximum absolute atomic E-state index is 12.4. The number of ether oxygens (including phenoxy) is 1. The molecule has 0 bridgehead atoms. The van der Waals surface area contributed by atoms with Crippen LogP contribution in [0.1, 0.15) is 11.6 Å². The van der Waals surface area contributed by atoms with Gasteiger partial charge in [-0.05, 0) is 24.3 Å². The van der Waals surface area contributed by atoms with Crippen molar-refractivity contribution < 1.29 is 9.53 Å². The van der Waals surface area contributed by atoms with Crippen LogP contribution < -0.4 is 10.5 Å². The highest BCUT2D eigenvalue weighted by Gasteiger charge is 2.35. The minimum Gasteiger partial charge on any atom is -0.484 e. The van der Waals surface area contributed by atoms with Crippen LogP contribution in [0, 0.1) is 0 Å². The van der Waals surface area contributed by atoms with Crippen LogP contribution in [0.3, 0.4) is 0 Å². The van der Waals surface area contributed by atoms with Crippen LogP contribution in [-0.4, -0.2) is 46.3 Å². The molecule has 0 aliphatic carbocycles. The van der Waals surface area contributed by atoms with E-state index in [2.05, 4.69) is 5.10 Å². The number of hydrogen-bond donors (Lipinski definition) is 1. The Balaban J connectivity index is 1.61. The van der Waals surface area contributed by atoms with Gasteiger partial charge in [0.2, 0.25) is 0 Å². The van der Waals surface area contributed by atoms with Gasteiger partial charge in [0.05, 0.1) is 0 Å². The predicted molar refractivity (Wildman–Crippen MR) is 92.5 cm³/mol. The molecule has 128 valence electrons. The van der Waals surface area contributed by atoms with Crippen LogP contribution in [0.2, 0.25) is 10.0 Å². The highest BCUT2D eigenvalue weighted by Crippen LogP contribution is 2.27.